The Bertz CT molecular complexity index is 1190. The number of allylic oxidation sites excluding steroid dienone is 14. The average molecular weight is 891 g/mol. The molecule has 0 saturated heterocycles. The predicted octanol–water partition coefficient (Wildman–Crippen LogP) is 18.5. The van der Waals surface area contributed by atoms with E-state index in [9.17, 15) is 9.59 Å². The lowest BCUT2D eigenvalue weighted by Gasteiger charge is -2.18. The molecular formula is C59H102O5. The van der Waals surface area contributed by atoms with Crippen molar-refractivity contribution in [1.82, 2.24) is 0 Å². The SMILES string of the molecule is CC/C=C\C/C=C\C/C=C\CCCCCCCCCCOCC(COC(=O)CCCCCCCCC/C=C\C/C=C\C/C=C\CC)OC(=O)CCCCCCC/C=C\CCCCCC. The minimum Gasteiger partial charge on any atom is -0.462 e. The predicted molar refractivity (Wildman–Crippen MR) is 279 cm³/mol. The van der Waals surface area contributed by atoms with Crippen molar-refractivity contribution < 1.29 is 23.8 Å². The Morgan fingerprint density at radius 2 is 0.703 bits per heavy atom. The highest BCUT2D eigenvalue weighted by Crippen LogP contribution is 2.14. The molecule has 5 nitrogen and oxygen atoms in total. The second kappa shape index (κ2) is 54.4. The molecule has 0 saturated carbocycles. The van der Waals surface area contributed by atoms with E-state index in [1.165, 1.54) is 116 Å². The fourth-order valence-electron chi connectivity index (χ4n) is 7.42. The number of hydrogen-bond donors (Lipinski definition) is 0. The Morgan fingerprint density at radius 3 is 1.14 bits per heavy atom. The molecule has 1 unspecified atom stereocenters. The maximum atomic E-state index is 12.8. The van der Waals surface area contributed by atoms with Gasteiger partial charge in [-0.2, -0.15) is 0 Å². The highest BCUT2D eigenvalue weighted by molar-refractivity contribution is 5.70. The van der Waals surface area contributed by atoms with Crippen molar-refractivity contribution in [3.63, 3.8) is 0 Å². The average Bonchev–Trinajstić information content (AvgIpc) is 3.30. The number of ether oxygens (including phenoxy) is 3. The highest BCUT2D eigenvalue weighted by atomic mass is 16.6. The van der Waals surface area contributed by atoms with Gasteiger partial charge in [-0.3, -0.25) is 9.59 Å². The van der Waals surface area contributed by atoms with Crippen LogP contribution in [0.15, 0.2) is 85.1 Å². The maximum absolute atomic E-state index is 12.8. The minimum atomic E-state index is -0.552. The summed E-state index contributed by atoms with van der Waals surface area (Å²) in [6.07, 6.45) is 71.6. The van der Waals surface area contributed by atoms with Gasteiger partial charge in [-0.25, -0.2) is 0 Å². The van der Waals surface area contributed by atoms with Crippen molar-refractivity contribution in [2.45, 2.75) is 258 Å². The molecule has 0 amide bonds. The van der Waals surface area contributed by atoms with Crippen molar-refractivity contribution in [2.24, 2.45) is 0 Å². The van der Waals surface area contributed by atoms with Crippen LogP contribution in [0.5, 0.6) is 0 Å². The van der Waals surface area contributed by atoms with Gasteiger partial charge in [0.05, 0.1) is 6.61 Å². The maximum Gasteiger partial charge on any atom is 0.306 e. The van der Waals surface area contributed by atoms with E-state index in [0.29, 0.717) is 19.4 Å². The van der Waals surface area contributed by atoms with E-state index in [4.69, 9.17) is 14.2 Å². The molecule has 0 spiro atoms. The third kappa shape index (κ3) is 51.7. The van der Waals surface area contributed by atoms with Gasteiger partial charge in [-0.05, 0) is 109 Å². The van der Waals surface area contributed by atoms with Gasteiger partial charge in [0.1, 0.15) is 6.61 Å². The highest BCUT2D eigenvalue weighted by Gasteiger charge is 2.17. The summed E-state index contributed by atoms with van der Waals surface area (Å²) in [5.74, 6) is -0.420. The van der Waals surface area contributed by atoms with Gasteiger partial charge >= 0.3 is 11.9 Å². The molecule has 368 valence electrons. The molecule has 0 radical (unpaired) electrons. The summed E-state index contributed by atoms with van der Waals surface area (Å²) in [6, 6.07) is 0. The number of esters is 2. The summed E-state index contributed by atoms with van der Waals surface area (Å²) in [5.41, 5.74) is 0. The van der Waals surface area contributed by atoms with Crippen LogP contribution in [0.1, 0.15) is 252 Å². The molecule has 0 aliphatic carbocycles. The second-order valence-corrected chi connectivity index (χ2v) is 17.7. The van der Waals surface area contributed by atoms with Gasteiger partial charge in [-0.15, -0.1) is 0 Å². The largest absolute Gasteiger partial charge is 0.462 e. The van der Waals surface area contributed by atoms with E-state index in [1.807, 2.05) is 0 Å². The van der Waals surface area contributed by atoms with Gasteiger partial charge in [0.15, 0.2) is 6.10 Å². The quantitative estimate of drug-likeness (QED) is 0.0346. The van der Waals surface area contributed by atoms with Crippen LogP contribution < -0.4 is 0 Å². The van der Waals surface area contributed by atoms with Gasteiger partial charge in [0.25, 0.3) is 0 Å². The molecule has 64 heavy (non-hydrogen) atoms. The van der Waals surface area contributed by atoms with Gasteiger partial charge < -0.3 is 14.2 Å². The Labute approximate surface area is 397 Å². The summed E-state index contributed by atoms with van der Waals surface area (Å²) in [4.78, 5) is 25.4. The summed E-state index contributed by atoms with van der Waals surface area (Å²) < 4.78 is 17.4. The van der Waals surface area contributed by atoms with Crippen LogP contribution in [0.4, 0.5) is 0 Å². The normalized spacial score (nSPS) is 12.9. The van der Waals surface area contributed by atoms with E-state index in [-0.39, 0.29) is 25.2 Å². The number of unbranched alkanes of at least 4 members (excludes halogenated alkanes) is 24. The molecule has 0 N–H and O–H groups in total. The lowest BCUT2D eigenvalue weighted by Crippen LogP contribution is -2.30. The smallest absolute Gasteiger partial charge is 0.306 e. The Balaban J connectivity index is 4.29. The molecule has 0 aromatic rings. The first-order valence-electron chi connectivity index (χ1n) is 27.1. The number of hydrogen-bond acceptors (Lipinski definition) is 5. The van der Waals surface area contributed by atoms with Crippen LogP contribution in [0, 0.1) is 0 Å². The molecule has 0 aliphatic heterocycles. The van der Waals surface area contributed by atoms with Gasteiger partial charge in [0, 0.05) is 19.4 Å². The van der Waals surface area contributed by atoms with Crippen LogP contribution in [-0.4, -0.2) is 37.9 Å². The van der Waals surface area contributed by atoms with E-state index in [2.05, 4.69) is 106 Å². The zero-order valence-corrected chi connectivity index (χ0v) is 42.3. The first-order valence-corrected chi connectivity index (χ1v) is 27.1. The van der Waals surface area contributed by atoms with Crippen LogP contribution >= 0.6 is 0 Å². The standard InChI is InChI=1S/C59H102O5/c1-4-7-10-13-16-19-22-25-27-29-31-33-36-39-42-45-48-51-54-62-55-57(64-59(61)53-50-47-44-41-38-34-24-21-18-15-12-9-6-3)56-63-58(60)52-49-46-43-40-37-35-32-30-28-26-23-20-17-14-11-8-5-2/h7-8,10-11,16-17,19-21,24-28,57H,4-6,9,12-15,18,22-23,29-56H2,1-3H3/b10-7-,11-8-,19-16-,20-17-,24-21-,27-25-,28-26-. The molecule has 0 rings (SSSR count). The van der Waals surface area contributed by atoms with Crippen molar-refractivity contribution >= 4 is 11.9 Å². The van der Waals surface area contributed by atoms with E-state index < -0.39 is 6.10 Å². The third-order valence-corrected chi connectivity index (χ3v) is 11.4. The van der Waals surface area contributed by atoms with Crippen molar-refractivity contribution in [1.29, 1.82) is 0 Å². The summed E-state index contributed by atoms with van der Waals surface area (Å²) in [6.45, 7) is 7.57. The first kappa shape index (κ1) is 61.1. The third-order valence-electron chi connectivity index (χ3n) is 11.4. The first-order chi connectivity index (χ1) is 31.6. The van der Waals surface area contributed by atoms with Crippen molar-refractivity contribution in [2.75, 3.05) is 19.8 Å². The van der Waals surface area contributed by atoms with E-state index in [1.54, 1.807) is 0 Å². The second-order valence-electron chi connectivity index (χ2n) is 17.7. The van der Waals surface area contributed by atoms with Crippen LogP contribution in [0.3, 0.4) is 0 Å². The monoisotopic (exact) mass is 891 g/mol. The molecule has 0 bridgehead atoms. The lowest BCUT2D eigenvalue weighted by molar-refractivity contribution is -0.163. The fourth-order valence-corrected chi connectivity index (χ4v) is 7.42. The van der Waals surface area contributed by atoms with Crippen molar-refractivity contribution in [3.05, 3.63) is 85.1 Å². The zero-order chi connectivity index (χ0) is 46.3. The van der Waals surface area contributed by atoms with Crippen molar-refractivity contribution in [3.8, 4) is 0 Å². The summed E-state index contributed by atoms with van der Waals surface area (Å²) >= 11 is 0. The zero-order valence-electron chi connectivity index (χ0n) is 42.3. The number of carbonyl (C=O) groups is 2. The Kier molecular flexibility index (Phi) is 51.9. The number of rotatable bonds is 49. The lowest BCUT2D eigenvalue weighted by atomic mass is 10.1. The Morgan fingerprint density at radius 1 is 0.359 bits per heavy atom. The molecular weight excluding hydrogens is 789 g/mol. The van der Waals surface area contributed by atoms with Gasteiger partial charge in [-0.1, -0.05) is 215 Å². The van der Waals surface area contributed by atoms with E-state index in [0.717, 1.165) is 103 Å². The molecule has 0 aliphatic rings. The Hall–Kier alpha value is -2.92. The fraction of sp³-hybridized carbons (Fsp3) is 0.729. The topological polar surface area (TPSA) is 61.8 Å². The van der Waals surface area contributed by atoms with Crippen LogP contribution in [-0.2, 0) is 23.8 Å². The molecule has 0 aromatic heterocycles. The molecule has 1 atom stereocenters. The minimum absolute atomic E-state index is 0.0709. The molecule has 5 heteroatoms. The van der Waals surface area contributed by atoms with E-state index >= 15 is 0 Å². The van der Waals surface area contributed by atoms with Crippen LogP contribution in [0.25, 0.3) is 0 Å². The molecule has 0 aromatic carbocycles. The van der Waals surface area contributed by atoms with Gasteiger partial charge in [0.2, 0.25) is 0 Å². The molecule has 0 fully saturated rings. The molecule has 0 heterocycles. The summed E-state index contributed by atoms with van der Waals surface area (Å²) in [7, 11) is 0. The summed E-state index contributed by atoms with van der Waals surface area (Å²) in [5, 5.41) is 0. The number of carbonyl (C=O) groups excluding carboxylic acids is 2. The van der Waals surface area contributed by atoms with Crippen LogP contribution in [0.2, 0.25) is 0 Å².